The number of aliphatic hydroxyl groups is 1. The monoisotopic (exact) mass is 269 g/mol. The van der Waals surface area contributed by atoms with Crippen LogP contribution in [0.1, 0.15) is 17.2 Å². The van der Waals surface area contributed by atoms with Gasteiger partial charge in [0.2, 0.25) is 0 Å². The maximum atomic E-state index is 13.0. The van der Waals surface area contributed by atoms with E-state index in [2.05, 4.69) is 15.2 Å². The summed E-state index contributed by atoms with van der Waals surface area (Å²) in [5.41, 5.74) is 2.74. The molecule has 2 N–H and O–H groups in total. The Morgan fingerprint density at radius 1 is 1.10 bits per heavy atom. The van der Waals surface area contributed by atoms with Gasteiger partial charge in [0.25, 0.3) is 0 Å². The van der Waals surface area contributed by atoms with Crippen molar-refractivity contribution < 1.29 is 9.50 Å². The lowest BCUT2D eigenvalue weighted by Gasteiger charge is -2.11. The van der Waals surface area contributed by atoms with Crippen LogP contribution in [0.4, 0.5) is 4.39 Å². The van der Waals surface area contributed by atoms with Crippen LogP contribution in [0.25, 0.3) is 11.3 Å². The van der Waals surface area contributed by atoms with Crippen LogP contribution in [-0.4, -0.2) is 20.3 Å². The average molecular weight is 269 g/mol. The average Bonchev–Trinajstić information content (AvgIpc) is 2.97. The normalized spacial score (nSPS) is 12.3. The summed E-state index contributed by atoms with van der Waals surface area (Å²) in [5, 5.41) is 17.2. The maximum Gasteiger partial charge on any atom is 0.123 e. The van der Waals surface area contributed by atoms with Crippen LogP contribution in [0.2, 0.25) is 0 Å². The van der Waals surface area contributed by atoms with Crippen molar-refractivity contribution in [1.29, 1.82) is 0 Å². The summed E-state index contributed by atoms with van der Waals surface area (Å²) in [6.45, 7) is 0. The zero-order valence-electron chi connectivity index (χ0n) is 10.5. The van der Waals surface area contributed by atoms with Gasteiger partial charge in [-0.05, 0) is 30.3 Å². The second kappa shape index (κ2) is 5.22. The van der Waals surface area contributed by atoms with E-state index < -0.39 is 6.10 Å². The number of pyridine rings is 1. The van der Waals surface area contributed by atoms with Crippen molar-refractivity contribution in [1.82, 2.24) is 15.2 Å². The quantitative estimate of drug-likeness (QED) is 0.768. The highest BCUT2D eigenvalue weighted by atomic mass is 19.1. The molecule has 0 fully saturated rings. The van der Waals surface area contributed by atoms with Crippen molar-refractivity contribution >= 4 is 0 Å². The topological polar surface area (TPSA) is 61.8 Å². The van der Waals surface area contributed by atoms with Crippen molar-refractivity contribution in [3.05, 3.63) is 71.9 Å². The molecule has 5 heteroatoms. The zero-order valence-corrected chi connectivity index (χ0v) is 10.5. The summed E-state index contributed by atoms with van der Waals surface area (Å²) >= 11 is 0. The lowest BCUT2D eigenvalue weighted by atomic mass is 10.00. The molecule has 3 aromatic rings. The Bertz CT molecular complexity index is 695. The highest BCUT2D eigenvalue weighted by molar-refractivity contribution is 5.63. The van der Waals surface area contributed by atoms with Crippen molar-refractivity contribution in [3.8, 4) is 11.3 Å². The van der Waals surface area contributed by atoms with Gasteiger partial charge in [-0.3, -0.25) is 10.1 Å². The molecule has 2 heterocycles. The van der Waals surface area contributed by atoms with Gasteiger partial charge in [0.1, 0.15) is 11.9 Å². The van der Waals surface area contributed by atoms with E-state index in [1.165, 1.54) is 12.1 Å². The second-order valence-corrected chi connectivity index (χ2v) is 4.40. The van der Waals surface area contributed by atoms with Gasteiger partial charge in [0.05, 0.1) is 11.9 Å². The first kappa shape index (κ1) is 12.5. The minimum atomic E-state index is -0.831. The Balaban J connectivity index is 2.00. The molecule has 3 rings (SSSR count). The first-order valence-corrected chi connectivity index (χ1v) is 6.13. The smallest absolute Gasteiger partial charge is 0.123 e. The number of aromatic nitrogens is 3. The molecule has 0 aliphatic heterocycles. The molecule has 0 radical (unpaired) electrons. The number of aromatic amines is 1. The third kappa shape index (κ3) is 2.31. The summed E-state index contributed by atoms with van der Waals surface area (Å²) in [4.78, 5) is 3.99. The van der Waals surface area contributed by atoms with E-state index in [9.17, 15) is 9.50 Å². The van der Waals surface area contributed by atoms with Gasteiger partial charge in [0, 0.05) is 29.1 Å². The number of nitrogens with zero attached hydrogens (tertiary/aromatic N) is 2. The van der Waals surface area contributed by atoms with Crippen LogP contribution in [0.15, 0.2) is 55.0 Å². The molecule has 0 amide bonds. The van der Waals surface area contributed by atoms with Gasteiger partial charge in [-0.1, -0.05) is 6.07 Å². The number of H-pyrrole nitrogens is 1. The predicted molar refractivity (Wildman–Crippen MR) is 72.3 cm³/mol. The predicted octanol–water partition coefficient (Wildman–Crippen LogP) is 2.69. The fourth-order valence-electron chi connectivity index (χ4n) is 2.07. The lowest BCUT2D eigenvalue weighted by molar-refractivity contribution is 0.220. The van der Waals surface area contributed by atoms with Crippen LogP contribution in [-0.2, 0) is 0 Å². The highest BCUT2D eigenvalue weighted by Crippen LogP contribution is 2.29. The third-order valence-electron chi connectivity index (χ3n) is 3.10. The van der Waals surface area contributed by atoms with E-state index in [4.69, 9.17) is 0 Å². The molecule has 100 valence electrons. The molecule has 1 unspecified atom stereocenters. The minimum Gasteiger partial charge on any atom is -0.383 e. The van der Waals surface area contributed by atoms with E-state index in [0.717, 1.165) is 5.56 Å². The van der Waals surface area contributed by atoms with E-state index >= 15 is 0 Å². The number of aliphatic hydroxyl groups excluding tert-OH is 1. The summed E-state index contributed by atoms with van der Waals surface area (Å²) < 4.78 is 13.0. The number of hydrogen-bond acceptors (Lipinski definition) is 3. The van der Waals surface area contributed by atoms with Crippen molar-refractivity contribution in [2.75, 3.05) is 0 Å². The number of benzene rings is 1. The molecule has 0 saturated carbocycles. The fraction of sp³-hybridized carbons (Fsp3) is 0.0667. The minimum absolute atomic E-state index is 0.303. The molecule has 0 bridgehead atoms. The molecule has 4 nitrogen and oxygen atoms in total. The molecule has 20 heavy (non-hydrogen) atoms. The van der Waals surface area contributed by atoms with Gasteiger partial charge < -0.3 is 5.11 Å². The molecule has 0 aliphatic carbocycles. The molecular weight excluding hydrogens is 257 g/mol. The third-order valence-corrected chi connectivity index (χ3v) is 3.10. The second-order valence-electron chi connectivity index (χ2n) is 4.40. The maximum absolute atomic E-state index is 13.0. The molecule has 0 aliphatic rings. The molecule has 1 atom stereocenters. The van der Waals surface area contributed by atoms with E-state index in [0.29, 0.717) is 16.8 Å². The van der Waals surface area contributed by atoms with Crippen molar-refractivity contribution in [3.63, 3.8) is 0 Å². The van der Waals surface area contributed by atoms with Gasteiger partial charge in [0.15, 0.2) is 0 Å². The Labute approximate surface area is 114 Å². The standard InChI is InChI=1S/C15H12FN3O/c16-12-5-3-10(4-6-12)14-13(9-18-19-14)15(20)11-2-1-7-17-8-11/h1-9,15,20H,(H,18,19). The first-order chi connectivity index (χ1) is 9.75. The van der Waals surface area contributed by atoms with Crippen LogP contribution < -0.4 is 0 Å². The molecule has 2 aromatic heterocycles. The van der Waals surface area contributed by atoms with E-state index in [-0.39, 0.29) is 5.82 Å². The van der Waals surface area contributed by atoms with Gasteiger partial charge in [-0.15, -0.1) is 0 Å². The zero-order chi connectivity index (χ0) is 13.9. The number of hydrogen-bond donors (Lipinski definition) is 2. The molecule has 1 aromatic carbocycles. The highest BCUT2D eigenvalue weighted by Gasteiger charge is 2.17. The van der Waals surface area contributed by atoms with E-state index in [1.54, 1.807) is 42.9 Å². The van der Waals surface area contributed by atoms with Crippen molar-refractivity contribution in [2.24, 2.45) is 0 Å². The number of nitrogens with one attached hydrogen (secondary N) is 1. The Hall–Kier alpha value is -2.53. The summed E-state index contributed by atoms with van der Waals surface area (Å²) in [6.07, 6.45) is 3.98. The summed E-state index contributed by atoms with van der Waals surface area (Å²) in [7, 11) is 0. The molecule has 0 saturated heterocycles. The number of halogens is 1. The summed E-state index contributed by atoms with van der Waals surface area (Å²) in [6, 6.07) is 9.58. The van der Waals surface area contributed by atoms with E-state index in [1.807, 2.05) is 0 Å². The fourth-order valence-corrected chi connectivity index (χ4v) is 2.07. The van der Waals surface area contributed by atoms with Crippen LogP contribution in [0.5, 0.6) is 0 Å². The first-order valence-electron chi connectivity index (χ1n) is 6.13. The van der Waals surface area contributed by atoms with Gasteiger partial charge in [-0.2, -0.15) is 5.10 Å². The Kier molecular flexibility index (Phi) is 3.26. The Morgan fingerprint density at radius 3 is 2.60 bits per heavy atom. The Morgan fingerprint density at radius 2 is 1.90 bits per heavy atom. The van der Waals surface area contributed by atoms with Crippen LogP contribution in [0.3, 0.4) is 0 Å². The summed E-state index contributed by atoms with van der Waals surface area (Å²) in [5.74, 6) is -0.303. The van der Waals surface area contributed by atoms with Gasteiger partial charge >= 0.3 is 0 Å². The van der Waals surface area contributed by atoms with Crippen LogP contribution in [0, 0.1) is 5.82 Å². The molecule has 0 spiro atoms. The van der Waals surface area contributed by atoms with Crippen LogP contribution >= 0.6 is 0 Å². The van der Waals surface area contributed by atoms with Crippen molar-refractivity contribution in [2.45, 2.75) is 6.10 Å². The lowest BCUT2D eigenvalue weighted by Crippen LogP contribution is -2.00. The van der Waals surface area contributed by atoms with Gasteiger partial charge in [-0.25, -0.2) is 4.39 Å². The largest absolute Gasteiger partial charge is 0.383 e. The SMILES string of the molecule is OC(c1cccnc1)c1cn[nH]c1-c1ccc(F)cc1. The number of rotatable bonds is 3. The molecular formula is C15H12FN3O.